The second-order valence-electron chi connectivity index (χ2n) is 5.28. The number of anilines is 1. The van der Waals surface area contributed by atoms with Crippen molar-refractivity contribution in [3.63, 3.8) is 0 Å². The summed E-state index contributed by atoms with van der Waals surface area (Å²) in [4.78, 5) is 11.2. The number of sulfonamides is 1. The molecule has 0 saturated carbocycles. The summed E-state index contributed by atoms with van der Waals surface area (Å²) in [5.74, 6) is -2.49. The molecule has 5 nitrogen and oxygen atoms in total. The topological polar surface area (TPSA) is 72.5 Å². The molecule has 8 heteroatoms. The Morgan fingerprint density at radius 3 is 2.24 bits per heavy atom. The van der Waals surface area contributed by atoms with Gasteiger partial charge in [0, 0.05) is 11.8 Å². The minimum absolute atomic E-state index is 0.148. The summed E-state index contributed by atoms with van der Waals surface area (Å²) in [6.07, 6.45) is 1.66. The highest BCUT2D eigenvalue weighted by Crippen LogP contribution is 2.19. The summed E-state index contributed by atoms with van der Waals surface area (Å²) in [6.45, 7) is 2.29. The predicted molar refractivity (Wildman–Crippen MR) is 88.8 cm³/mol. The lowest BCUT2D eigenvalue weighted by Gasteiger charge is -2.09. The smallest absolute Gasteiger partial charge is 0.338 e. The van der Waals surface area contributed by atoms with E-state index in [1.54, 1.807) is 0 Å². The average molecular weight is 369 g/mol. The first kappa shape index (κ1) is 18.9. The molecule has 1 N–H and O–H groups in total. The lowest BCUT2D eigenvalue weighted by Crippen LogP contribution is -2.14. The van der Waals surface area contributed by atoms with Crippen LogP contribution in [0, 0.1) is 11.6 Å². The number of hydrogen-bond donors (Lipinski definition) is 1. The Kier molecular flexibility index (Phi) is 6.08. The van der Waals surface area contributed by atoms with Gasteiger partial charge in [0.1, 0.15) is 11.6 Å². The van der Waals surface area contributed by atoms with E-state index in [1.165, 1.54) is 24.3 Å². The maximum absolute atomic E-state index is 13.2. The third kappa shape index (κ3) is 5.25. The summed E-state index contributed by atoms with van der Waals surface area (Å²) < 4.78 is 57.9. The van der Waals surface area contributed by atoms with E-state index in [0.29, 0.717) is 24.8 Å². The quantitative estimate of drug-likeness (QED) is 0.596. The number of rotatable bonds is 7. The fourth-order valence-electron chi connectivity index (χ4n) is 1.96. The molecule has 0 bridgehead atoms. The standard InChI is InChI=1S/C17H17F2NO4S/c1-2-3-8-24-17(21)12-4-6-15(7-5-12)20-25(22,23)16-10-13(18)9-14(19)11-16/h4-7,9-11,20H,2-3,8H2,1H3. The number of nitrogens with one attached hydrogen (secondary N) is 1. The van der Waals surface area contributed by atoms with Gasteiger partial charge in [-0.15, -0.1) is 0 Å². The number of esters is 1. The fourth-order valence-corrected chi connectivity index (χ4v) is 3.06. The summed E-state index contributed by atoms with van der Waals surface area (Å²) >= 11 is 0. The van der Waals surface area contributed by atoms with Crippen LogP contribution in [-0.4, -0.2) is 21.0 Å². The third-order valence-electron chi connectivity index (χ3n) is 3.25. The number of carbonyl (C=O) groups is 1. The van der Waals surface area contributed by atoms with Crippen LogP contribution in [0.25, 0.3) is 0 Å². The van der Waals surface area contributed by atoms with E-state index in [9.17, 15) is 22.0 Å². The van der Waals surface area contributed by atoms with Gasteiger partial charge in [-0.3, -0.25) is 4.72 Å². The molecule has 0 heterocycles. The van der Waals surface area contributed by atoms with Crippen molar-refractivity contribution in [2.45, 2.75) is 24.7 Å². The Bertz CT molecular complexity index is 831. The van der Waals surface area contributed by atoms with Crippen LogP contribution in [0.3, 0.4) is 0 Å². The molecule has 0 aromatic heterocycles. The largest absolute Gasteiger partial charge is 0.462 e. The van der Waals surface area contributed by atoms with Crippen LogP contribution < -0.4 is 4.72 Å². The van der Waals surface area contributed by atoms with Crippen LogP contribution in [0.5, 0.6) is 0 Å². The van der Waals surface area contributed by atoms with Gasteiger partial charge in [-0.25, -0.2) is 22.0 Å². The summed E-state index contributed by atoms with van der Waals surface area (Å²) in [5, 5.41) is 0. The van der Waals surface area contributed by atoms with Crippen molar-refractivity contribution in [2.24, 2.45) is 0 Å². The molecule has 134 valence electrons. The van der Waals surface area contributed by atoms with Gasteiger partial charge in [-0.1, -0.05) is 13.3 Å². The van der Waals surface area contributed by atoms with E-state index in [-0.39, 0.29) is 11.3 Å². The molecule has 0 unspecified atom stereocenters. The molecule has 0 aliphatic heterocycles. The summed E-state index contributed by atoms with van der Waals surface area (Å²) in [6, 6.07) is 7.54. The van der Waals surface area contributed by atoms with Gasteiger partial charge in [0.25, 0.3) is 10.0 Å². The highest BCUT2D eigenvalue weighted by Gasteiger charge is 2.17. The van der Waals surface area contributed by atoms with E-state index in [0.717, 1.165) is 12.8 Å². The van der Waals surface area contributed by atoms with Crippen molar-refractivity contribution in [3.05, 3.63) is 59.7 Å². The molecule has 0 fully saturated rings. The van der Waals surface area contributed by atoms with Gasteiger partial charge in [-0.05, 0) is 42.8 Å². The lowest BCUT2D eigenvalue weighted by atomic mass is 10.2. The number of hydrogen-bond acceptors (Lipinski definition) is 4. The minimum atomic E-state index is -4.16. The summed E-state index contributed by atoms with van der Waals surface area (Å²) in [7, 11) is -4.16. The van der Waals surface area contributed by atoms with E-state index in [4.69, 9.17) is 4.74 Å². The number of benzene rings is 2. The SMILES string of the molecule is CCCCOC(=O)c1ccc(NS(=O)(=O)c2cc(F)cc(F)c2)cc1. The van der Waals surface area contributed by atoms with Crippen LogP contribution in [0.1, 0.15) is 30.1 Å². The maximum atomic E-state index is 13.2. The number of ether oxygens (including phenoxy) is 1. The van der Waals surface area contributed by atoms with Gasteiger partial charge >= 0.3 is 5.97 Å². The van der Waals surface area contributed by atoms with Crippen molar-refractivity contribution >= 4 is 21.7 Å². The van der Waals surface area contributed by atoms with Gasteiger partial charge in [-0.2, -0.15) is 0 Å². The van der Waals surface area contributed by atoms with Crippen molar-refractivity contribution < 1.29 is 26.7 Å². The highest BCUT2D eigenvalue weighted by molar-refractivity contribution is 7.92. The molecule has 0 aliphatic rings. The molecule has 0 atom stereocenters. The highest BCUT2D eigenvalue weighted by atomic mass is 32.2. The molecule has 0 spiro atoms. The van der Waals surface area contributed by atoms with Gasteiger partial charge < -0.3 is 4.74 Å². The normalized spacial score (nSPS) is 11.2. The van der Waals surface area contributed by atoms with Gasteiger partial charge in [0.15, 0.2) is 0 Å². The second kappa shape index (κ2) is 8.06. The van der Waals surface area contributed by atoms with E-state index in [1.807, 2.05) is 6.92 Å². The van der Waals surface area contributed by atoms with Gasteiger partial charge in [0.05, 0.1) is 17.1 Å². The van der Waals surface area contributed by atoms with E-state index in [2.05, 4.69) is 4.72 Å². The molecule has 25 heavy (non-hydrogen) atoms. The first-order chi connectivity index (χ1) is 11.8. The molecular weight excluding hydrogens is 352 g/mol. The van der Waals surface area contributed by atoms with E-state index >= 15 is 0 Å². The zero-order chi connectivity index (χ0) is 18.4. The molecule has 0 amide bonds. The molecule has 0 aliphatic carbocycles. The maximum Gasteiger partial charge on any atom is 0.338 e. The third-order valence-corrected chi connectivity index (χ3v) is 4.61. The van der Waals surface area contributed by atoms with Gasteiger partial charge in [0.2, 0.25) is 0 Å². The van der Waals surface area contributed by atoms with Crippen LogP contribution in [0.2, 0.25) is 0 Å². The van der Waals surface area contributed by atoms with Crippen LogP contribution >= 0.6 is 0 Å². The molecule has 2 aromatic rings. The minimum Gasteiger partial charge on any atom is -0.462 e. The zero-order valence-corrected chi connectivity index (χ0v) is 14.3. The zero-order valence-electron chi connectivity index (χ0n) is 13.5. The Balaban J connectivity index is 2.11. The molecule has 2 rings (SSSR count). The van der Waals surface area contributed by atoms with Crippen LogP contribution in [0.15, 0.2) is 47.4 Å². The van der Waals surface area contributed by atoms with Crippen molar-refractivity contribution in [1.82, 2.24) is 0 Å². The molecule has 0 radical (unpaired) electrons. The first-order valence-corrected chi connectivity index (χ1v) is 9.06. The average Bonchev–Trinajstić information content (AvgIpc) is 2.54. The number of unbranched alkanes of at least 4 members (excludes halogenated alkanes) is 1. The fraction of sp³-hybridized carbons (Fsp3) is 0.235. The lowest BCUT2D eigenvalue weighted by molar-refractivity contribution is 0.0500. The monoisotopic (exact) mass is 369 g/mol. The molecule has 2 aromatic carbocycles. The molecule has 0 saturated heterocycles. The number of carbonyl (C=O) groups excluding carboxylic acids is 1. The second-order valence-corrected chi connectivity index (χ2v) is 6.96. The Morgan fingerprint density at radius 1 is 1.08 bits per heavy atom. The van der Waals surface area contributed by atoms with E-state index < -0.39 is 32.5 Å². The first-order valence-electron chi connectivity index (χ1n) is 7.58. The van der Waals surface area contributed by atoms with Crippen molar-refractivity contribution in [3.8, 4) is 0 Å². The Morgan fingerprint density at radius 2 is 1.68 bits per heavy atom. The van der Waals surface area contributed by atoms with Crippen molar-refractivity contribution in [2.75, 3.05) is 11.3 Å². The van der Waals surface area contributed by atoms with Crippen molar-refractivity contribution in [1.29, 1.82) is 0 Å². The van der Waals surface area contributed by atoms with Crippen LogP contribution in [0.4, 0.5) is 14.5 Å². The Hall–Kier alpha value is -2.48. The number of halogens is 2. The Labute approximate surface area is 144 Å². The molecular formula is C17H17F2NO4S. The summed E-state index contributed by atoms with van der Waals surface area (Å²) in [5.41, 5.74) is 0.422. The van der Waals surface area contributed by atoms with Crippen LogP contribution in [-0.2, 0) is 14.8 Å². The predicted octanol–water partition coefficient (Wildman–Crippen LogP) is 3.72.